The van der Waals surface area contributed by atoms with Crippen molar-refractivity contribution >= 4 is 9.84 Å². The van der Waals surface area contributed by atoms with Crippen LogP contribution in [-0.4, -0.2) is 32.3 Å². The van der Waals surface area contributed by atoms with E-state index in [9.17, 15) is 34.8 Å². The molecule has 0 N–H and O–H groups in total. The molecule has 0 bridgehead atoms. The Hall–Kier alpha value is -0.470. The number of sulfone groups is 1. The van der Waals surface area contributed by atoms with Crippen LogP contribution in [0.25, 0.3) is 0 Å². The second-order valence-electron chi connectivity index (χ2n) is 3.37. The van der Waals surface area contributed by atoms with Gasteiger partial charge >= 0.3 is 12.4 Å². The SMILES string of the molecule is O=S1(=O)CC(C(F)(F)F)C(C(F)(F)F)C1. The predicted octanol–water partition coefficient (Wildman–Crippen LogP) is 1.77. The lowest BCUT2D eigenvalue weighted by Crippen LogP contribution is -2.37. The molecule has 1 heterocycles. The van der Waals surface area contributed by atoms with Gasteiger partial charge in [0.1, 0.15) is 0 Å². The van der Waals surface area contributed by atoms with Crippen LogP contribution in [0.5, 0.6) is 0 Å². The Kier molecular flexibility index (Phi) is 2.74. The van der Waals surface area contributed by atoms with Crippen LogP contribution in [0.2, 0.25) is 0 Å². The number of hydrogen-bond acceptors (Lipinski definition) is 2. The molecule has 0 aromatic heterocycles. The number of hydrogen-bond donors (Lipinski definition) is 0. The summed E-state index contributed by atoms with van der Waals surface area (Å²) < 4.78 is 94.2. The van der Waals surface area contributed by atoms with Gasteiger partial charge in [-0.3, -0.25) is 0 Å². The predicted molar refractivity (Wildman–Crippen MR) is 37.7 cm³/mol. The topological polar surface area (TPSA) is 34.1 Å². The van der Waals surface area contributed by atoms with Crippen molar-refractivity contribution in [1.82, 2.24) is 0 Å². The first-order valence-electron chi connectivity index (χ1n) is 3.77. The van der Waals surface area contributed by atoms with E-state index < -0.39 is 45.5 Å². The van der Waals surface area contributed by atoms with Crippen LogP contribution in [0.4, 0.5) is 26.3 Å². The molecule has 0 aromatic carbocycles. The zero-order valence-electron chi connectivity index (χ0n) is 7.06. The number of halogens is 6. The van der Waals surface area contributed by atoms with E-state index in [2.05, 4.69) is 0 Å². The van der Waals surface area contributed by atoms with Crippen LogP contribution in [0, 0.1) is 11.8 Å². The van der Waals surface area contributed by atoms with Crippen molar-refractivity contribution in [2.45, 2.75) is 12.4 Å². The molecule has 1 fully saturated rings. The maximum absolute atomic E-state index is 12.1. The van der Waals surface area contributed by atoms with Gasteiger partial charge in [-0.25, -0.2) is 8.42 Å². The van der Waals surface area contributed by atoms with Crippen LogP contribution in [-0.2, 0) is 9.84 Å². The van der Waals surface area contributed by atoms with Gasteiger partial charge in [-0.1, -0.05) is 0 Å². The summed E-state index contributed by atoms with van der Waals surface area (Å²) in [7, 11) is -4.25. The molecule has 0 aromatic rings. The van der Waals surface area contributed by atoms with Crippen LogP contribution in [0.1, 0.15) is 0 Å². The second kappa shape index (κ2) is 3.26. The van der Waals surface area contributed by atoms with Gasteiger partial charge in [0.25, 0.3) is 0 Å². The van der Waals surface area contributed by atoms with E-state index in [1.807, 2.05) is 0 Å². The number of rotatable bonds is 0. The highest BCUT2D eigenvalue weighted by molar-refractivity contribution is 7.91. The molecule has 9 heteroatoms. The molecule has 90 valence electrons. The molecule has 2 nitrogen and oxygen atoms in total. The Balaban J connectivity index is 3.06. The van der Waals surface area contributed by atoms with Gasteiger partial charge in [0.05, 0.1) is 23.3 Å². The van der Waals surface area contributed by atoms with Crippen molar-refractivity contribution in [3.05, 3.63) is 0 Å². The van der Waals surface area contributed by atoms with Crippen molar-refractivity contribution < 1.29 is 34.8 Å². The fraction of sp³-hybridized carbons (Fsp3) is 1.00. The Morgan fingerprint density at radius 1 is 0.800 bits per heavy atom. The zero-order chi connectivity index (χ0) is 12.1. The summed E-state index contributed by atoms with van der Waals surface area (Å²) in [6.45, 7) is 0. The molecule has 1 aliphatic heterocycles. The molecule has 2 atom stereocenters. The number of alkyl halides is 6. The molecular weight excluding hydrogens is 250 g/mol. The monoisotopic (exact) mass is 256 g/mol. The van der Waals surface area contributed by atoms with Gasteiger partial charge in [0, 0.05) is 0 Å². The summed E-state index contributed by atoms with van der Waals surface area (Å²) in [6, 6.07) is 0. The summed E-state index contributed by atoms with van der Waals surface area (Å²) in [5.74, 6) is -8.61. The van der Waals surface area contributed by atoms with E-state index >= 15 is 0 Å². The maximum atomic E-state index is 12.1. The average Bonchev–Trinajstić information content (AvgIpc) is 2.23. The van der Waals surface area contributed by atoms with Crippen LogP contribution >= 0.6 is 0 Å². The van der Waals surface area contributed by atoms with Gasteiger partial charge in [-0.05, 0) is 0 Å². The Bertz CT molecular complexity index is 312. The van der Waals surface area contributed by atoms with Crippen molar-refractivity contribution in [3.63, 3.8) is 0 Å². The third kappa shape index (κ3) is 2.76. The molecular formula is C6H6F6O2S. The highest BCUT2D eigenvalue weighted by Crippen LogP contribution is 2.45. The maximum Gasteiger partial charge on any atom is 0.393 e. The van der Waals surface area contributed by atoms with Crippen molar-refractivity contribution in [2.75, 3.05) is 11.5 Å². The molecule has 0 spiro atoms. The van der Waals surface area contributed by atoms with E-state index in [4.69, 9.17) is 0 Å². The fourth-order valence-corrected chi connectivity index (χ4v) is 3.57. The van der Waals surface area contributed by atoms with E-state index in [-0.39, 0.29) is 0 Å². The minimum absolute atomic E-state index is 1.47. The lowest BCUT2D eigenvalue weighted by atomic mass is 9.95. The van der Waals surface area contributed by atoms with Gasteiger partial charge < -0.3 is 0 Å². The van der Waals surface area contributed by atoms with Crippen LogP contribution in [0.3, 0.4) is 0 Å². The lowest BCUT2D eigenvalue weighted by Gasteiger charge is -2.22. The van der Waals surface area contributed by atoms with Gasteiger partial charge in [-0.15, -0.1) is 0 Å². The molecule has 0 saturated carbocycles. The third-order valence-corrected chi connectivity index (χ3v) is 3.93. The van der Waals surface area contributed by atoms with Crippen molar-refractivity contribution in [2.24, 2.45) is 11.8 Å². The first kappa shape index (κ1) is 12.6. The summed E-state index contributed by atoms with van der Waals surface area (Å²) in [5, 5.41) is 0. The van der Waals surface area contributed by atoms with Gasteiger partial charge in [0.2, 0.25) is 0 Å². The summed E-state index contributed by atoms with van der Waals surface area (Å²) in [6.07, 6.45) is -10.3. The molecule has 1 saturated heterocycles. The van der Waals surface area contributed by atoms with E-state index in [1.165, 1.54) is 0 Å². The van der Waals surface area contributed by atoms with Crippen LogP contribution < -0.4 is 0 Å². The molecule has 0 radical (unpaired) electrons. The standard InChI is InChI=1S/C6H6F6O2S/c7-5(8,9)3-1-15(13,14)2-4(3)6(10,11)12/h3-4H,1-2H2. The Morgan fingerprint density at radius 3 is 1.27 bits per heavy atom. The van der Waals surface area contributed by atoms with Crippen LogP contribution in [0.15, 0.2) is 0 Å². The fourth-order valence-electron chi connectivity index (χ4n) is 1.49. The van der Waals surface area contributed by atoms with E-state index in [0.717, 1.165) is 0 Å². The quantitative estimate of drug-likeness (QED) is 0.619. The minimum atomic E-state index is -5.14. The highest BCUT2D eigenvalue weighted by atomic mass is 32.2. The van der Waals surface area contributed by atoms with Crippen molar-refractivity contribution in [1.29, 1.82) is 0 Å². The molecule has 15 heavy (non-hydrogen) atoms. The lowest BCUT2D eigenvalue weighted by molar-refractivity contribution is -0.239. The molecule has 1 aliphatic rings. The molecule has 0 aliphatic carbocycles. The first-order chi connectivity index (χ1) is 6.43. The smallest absolute Gasteiger partial charge is 0.229 e. The normalized spacial score (nSPS) is 31.9. The first-order valence-corrected chi connectivity index (χ1v) is 5.59. The van der Waals surface area contributed by atoms with Gasteiger partial charge in [-0.2, -0.15) is 26.3 Å². The van der Waals surface area contributed by atoms with Crippen molar-refractivity contribution in [3.8, 4) is 0 Å². The third-order valence-electron chi connectivity index (χ3n) is 2.19. The Labute approximate surface area is 81.2 Å². The Morgan fingerprint density at radius 2 is 1.07 bits per heavy atom. The summed E-state index contributed by atoms with van der Waals surface area (Å²) in [4.78, 5) is 0. The second-order valence-corrected chi connectivity index (χ2v) is 5.53. The zero-order valence-corrected chi connectivity index (χ0v) is 7.88. The highest BCUT2D eigenvalue weighted by Gasteiger charge is 2.61. The minimum Gasteiger partial charge on any atom is -0.229 e. The summed E-state index contributed by atoms with van der Waals surface area (Å²) in [5.41, 5.74) is 0. The molecule has 2 unspecified atom stereocenters. The van der Waals surface area contributed by atoms with E-state index in [0.29, 0.717) is 0 Å². The molecule has 1 rings (SSSR count). The largest absolute Gasteiger partial charge is 0.393 e. The molecule has 0 amide bonds. The average molecular weight is 256 g/mol. The van der Waals surface area contributed by atoms with Gasteiger partial charge in [0.15, 0.2) is 9.84 Å². The van der Waals surface area contributed by atoms with E-state index in [1.54, 1.807) is 0 Å². The summed E-state index contributed by atoms with van der Waals surface area (Å²) >= 11 is 0.